The van der Waals surface area contributed by atoms with Gasteiger partial charge in [0.05, 0.1) is 17.0 Å². The van der Waals surface area contributed by atoms with Crippen LogP contribution in [-0.2, 0) is 6.54 Å². The van der Waals surface area contributed by atoms with E-state index in [-0.39, 0.29) is 5.91 Å². The number of hydrogen-bond donors (Lipinski definition) is 1. The van der Waals surface area contributed by atoms with E-state index in [1.807, 2.05) is 22.4 Å². The summed E-state index contributed by atoms with van der Waals surface area (Å²) in [4.78, 5) is 19.9. The van der Waals surface area contributed by atoms with Gasteiger partial charge in [0.1, 0.15) is 0 Å². The van der Waals surface area contributed by atoms with Gasteiger partial charge in [0.15, 0.2) is 0 Å². The van der Waals surface area contributed by atoms with Gasteiger partial charge in [0, 0.05) is 23.8 Å². The predicted molar refractivity (Wildman–Crippen MR) is 102 cm³/mol. The molecular weight excluding hydrogens is 372 g/mol. The quantitative estimate of drug-likeness (QED) is 0.705. The number of halogens is 1. The second-order valence-corrected chi connectivity index (χ2v) is 7.42. The molecule has 134 valence electrons. The zero-order valence-corrected chi connectivity index (χ0v) is 15.5. The highest BCUT2D eigenvalue weighted by Gasteiger charge is 2.22. The van der Waals surface area contributed by atoms with E-state index in [2.05, 4.69) is 15.5 Å². The summed E-state index contributed by atoms with van der Waals surface area (Å²) in [5.41, 5.74) is 1.28. The van der Waals surface area contributed by atoms with Crippen LogP contribution >= 0.6 is 22.9 Å². The van der Waals surface area contributed by atoms with Crippen LogP contribution in [0.4, 0.5) is 5.69 Å². The van der Waals surface area contributed by atoms with Gasteiger partial charge in [0.2, 0.25) is 11.7 Å². The van der Waals surface area contributed by atoms with E-state index < -0.39 is 0 Å². The van der Waals surface area contributed by atoms with Gasteiger partial charge in [-0.2, -0.15) is 4.98 Å². The Morgan fingerprint density at radius 3 is 2.92 bits per heavy atom. The van der Waals surface area contributed by atoms with E-state index in [4.69, 9.17) is 16.1 Å². The van der Waals surface area contributed by atoms with E-state index in [1.165, 1.54) is 0 Å². The van der Waals surface area contributed by atoms with Crippen LogP contribution < -0.4 is 5.32 Å². The molecule has 0 bridgehead atoms. The number of likely N-dealkylation sites (tertiary alicyclic amines) is 1. The van der Waals surface area contributed by atoms with E-state index in [0.29, 0.717) is 34.5 Å². The number of amides is 1. The minimum atomic E-state index is 0.0199. The molecule has 1 aliphatic rings. The third-order valence-corrected chi connectivity index (χ3v) is 5.35. The van der Waals surface area contributed by atoms with Crippen LogP contribution in [0.3, 0.4) is 0 Å². The highest BCUT2D eigenvalue weighted by molar-refractivity contribution is 7.13. The topological polar surface area (TPSA) is 71.3 Å². The summed E-state index contributed by atoms with van der Waals surface area (Å²) in [6.07, 6.45) is 2.10. The van der Waals surface area contributed by atoms with Gasteiger partial charge >= 0.3 is 0 Å². The molecule has 0 unspecified atom stereocenters. The van der Waals surface area contributed by atoms with Crippen molar-refractivity contribution in [3.05, 3.63) is 52.2 Å². The Bertz CT molecular complexity index is 904. The van der Waals surface area contributed by atoms with Crippen molar-refractivity contribution in [1.29, 1.82) is 0 Å². The number of benzene rings is 1. The Balaban J connectivity index is 1.51. The average molecular weight is 389 g/mol. The fourth-order valence-electron chi connectivity index (χ4n) is 2.94. The third-order valence-electron chi connectivity index (χ3n) is 4.25. The normalized spacial score (nSPS) is 14.0. The second kappa shape index (κ2) is 7.47. The molecule has 0 spiro atoms. The molecular formula is C18H17ClN4O2S. The minimum Gasteiger partial charge on any atom is -0.375 e. The average Bonchev–Trinajstić information content (AvgIpc) is 3.41. The molecule has 1 aromatic carbocycles. The number of anilines is 1. The largest absolute Gasteiger partial charge is 0.375 e. The molecule has 3 heterocycles. The molecule has 0 radical (unpaired) electrons. The summed E-state index contributed by atoms with van der Waals surface area (Å²) in [7, 11) is 0. The second-order valence-electron chi connectivity index (χ2n) is 6.03. The van der Waals surface area contributed by atoms with Crippen molar-refractivity contribution in [2.24, 2.45) is 0 Å². The fraction of sp³-hybridized carbons (Fsp3) is 0.278. The highest BCUT2D eigenvalue weighted by atomic mass is 35.5. The predicted octanol–water partition coefficient (Wildman–Crippen LogP) is 4.30. The standard InChI is InChI=1S/C18H17ClN4O2S/c19-12-5-6-13(18(24)23-7-1-2-8-23)14(10-12)20-11-16-21-17(22-25-16)15-4-3-9-26-15/h3-6,9-10,20H,1-2,7-8,11H2. The third kappa shape index (κ3) is 3.59. The summed E-state index contributed by atoms with van der Waals surface area (Å²) in [6.45, 7) is 1.92. The molecule has 1 amide bonds. The van der Waals surface area contributed by atoms with Gasteiger partial charge in [-0.15, -0.1) is 11.3 Å². The lowest BCUT2D eigenvalue weighted by atomic mass is 10.1. The maximum absolute atomic E-state index is 12.7. The van der Waals surface area contributed by atoms with Gasteiger partial charge in [-0.25, -0.2) is 0 Å². The number of aromatic nitrogens is 2. The number of hydrogen-bond acceptors (Lipinski definition) is 6. The summed E-state index contributed by atoms with van der Waals surface area (Å²) in [5, 5.41) is 9.73. The van der Waals surface area contributed by atoms with Crippen LogP contribution in [0.5, 0.6) is 0 Å². The van der Waals surface area contributed by atoms with Crippen LogP contribution in [0.1, 0.15) is 29.1 Å². The molecule has 2 aromatic heterocycles. The number of rotatable bonds is 5. The molecule has 4 rings (SSSR count). The maximum atomic E-state index is 12.7. The fourth-order valence-corrected chi connectivity index (χ4v) is 3.76. The van der Waals surface area contributed by atoms with Gasteiger partial charge in [-0.3, -0.25) is 4.79 Å². The highest BCUT2D eigenvalue weighted by Crippen LogP contribution is 2.25. The van der Waals surface area contributed by atoms with Gasteiger partial charge < -0.3 is 14.7 Å². The first-order valence-corrected chi connectivity index (χ1v) is 9.65. The van der Waals surface area contributed by atoms with E-state index >= 15 is 0 Å². The summed E-state index contributed by atoms with van der Waals surface area (Å²) in [6, 6.07) is 9.13. The summed E-state index contributed by atoms with van der Waals surface area (Å²) < 4.78 is 5.30. The van der Waals surface area contributed by atoms with Crippen LogP contribution in [0.25, 0.3) is 10.7 Å². The Morgan fingerprint density at radius 1 is 1.31 bits per heavy atom. The first kappa shape index (κ1) is 17.1. The van der Waals surface area contributed by atoms with Crippen LogP contribution in [0.2, 0.25) is 5.02 Å². The molecule has 1 N–H and O–H groups in total. The van der Waals surface area contributed by atoms with Gasteiger partial charge in [-0.1, -0.05) is 22.8 Å². The van der Waals surface area contributed by atoms with Crippen molar-refractivity contribution < 1.29 is 9.32 Å². The Kier molecular flexibility index (Phi) is 4.90. The summed E-state index contributed by atoms with van der Waals surface area (Å²) >= 11 is 7.67. The molecule has 8 heteroatoms. The smallest absolute Gasteiger partial charge is 0.255 e. The van der Waals surface area contributed by atoms with Crippen LogP contribution in [-0.4, -0.2) is 34.0 Å². The monoisotopic (exact) mass is 388 g/mol. The Morgan fingerprint density at radius 2 is 2.15 bits per heavy atom. The molecule has 26 heavy (non-hydrogen) atoms. The van der Waals surface area contributed by atoms with Crippen molar-refractivity contribution in [2.45, 2.75) is 19.4 Å². The number of thiophene rings is 1. The Hall–Kier alpha value is -2.38. The molecule has 3 aromatic rings. The van der Waals surface area contributed by atoms with Gasteiger partial charge in [0.25, 0.3) is 5.91 Å². The van der Waals surface area contributed by atoms with E-state index in [9.17, 15) is 4.79 Å². The van der Waals surface area contributed by atoms with Gasteiger partial charge in [-0.05, 0) is 42.5 Å². The first-order valence-electron chi connectivity index (χ1n) is 8.40. The molecule has 1 fully saturated rings. The SMILES string of the molecule is O=C(c1ccc(Cl)cc1NCc1nc(-c2cccs2)no1)N1CCCC1. The molecule has 0 atom stereocenters. The maximum Gasteiger partial charge on any atom is 0.255 e. The molecule has 1 saturated heterocycles. The van der Waals surface area contributed by atoms with Crippen LogP contribution in [0.15, 0.2) is 40.2 Å². The molecule has 6 nitrogen and oxygen atoms in total. The van der Waals surface area contributed by atoms with Crippen molar-refractivity contribution in [3.8, 4) is 10.7 Å². The van der Waals surface area contributed by atoms with E-state index in [1.54, 1.807) is 29.5 Å². The number of carbonyl (C=O) groups is 1. The van der Waals surface area contributed by atoms with Crippen molar-refractivity contribution >= 4 is 34.5 Å². The molecule has 0 saturated carbocycles. The van der Waals surface area contributed by atoms with E-state index in [0.717, 1.165) is 30.8 Å². The number of carbonyl (C=O) groups excluding carboxylic acids is 1. The lowest BCUT2D eigenvalue weighted by molar-refractivity contribution is 0.0793. The zero-order chi connectivity index (χ0) is 17.9. The van der Waals surface area contributed by atoms with Crippen LogP contribution in [0, 0.1) is 0 Å². The van der Waals surface area contributed by atoms with Crippen molar-refractivity contribution in [1.82, 2.24) is 15.0 Å². The number of nitrogens with zero attached hydrogens (tertiary/aromatic N) is 3. The zero-order valence-electron chi connectivity index (χ0n) is 13.9. The van der Waals surface area contributed by atoms with Crippen molar-refractivity contribution in [3.63, 3.8) is 0 Å². The Labute approximate surface area is 159 Å². The molecule has 1 aliphatic heterocycles. The lowest BCUT2D eigenvalue weighted by Gasteiger charge is -2.18. The van der Waals surface area contributed by atoms with Crippen molar-refractivity contribution in [2.75, 3.05) is 18.4 Å². The number of nitrogens with one attached hydrogen (secondary N) is 1. The minimum absolute atomic E-state index is 0.0199. The molecule has 0 aliphatic carbocycles. The first-order chi connectivity index (χ1) is 12.7. The summed E-state index contributed by atoms with van der Waals surface area (Å²) in [5.74, 6) is 1.04. The lowest BCUT2D eigenvalue weighted by Crippen LogP contribution is -2.28.